The number of rotatable bonds is 18. The molecule has 6 aromatic heterocycles. The molecule has 45 heteroatoms. The molecule has 87 heavy (non-hydrogen) atoms. The number of hydrogen-bond acceptors (Lipinski definition) is 16. The summed E-state index contributed by atoms with van der Waals surface area (Å²) < 4.78 is 196. The number of halogens is 14. The first-order valence-electron chi connectivity index (χ1n) is 22.7. The Bertz CT molecular complexity index is 3790. The standard InChI is InChI=1S/2C21H16ClF6N8O6P.H2O/c2*22-11-5-3-10(4-6-11)16-33-35(19(38)34(16)8-13(21(26,27)28)42-43(39,40)41)9-14-31-18(15(29)37)36(32-14)17-12(20(23,24)25)2-1-7-30-17;/h2*1-7,13H,8-9H2,(H2,29,37)(H2,39,40,41);1H2. The van der Waals surface area contributed by atoms with Crippen LogP contribution < -0.4 is 22.8 Å². The molecule has 0 saturated heterocycles. The minimum Gasteiger partial charge on any atom is -0.412 e. The summed E-state index contributed by atoms with van der Waals surface area (Å²) in [6.07, 6.45) is -25.0. The van der Waals surface area contributed by atoms with Crippen LogP contribution in [0.25, 0.3) is 34.4 Å². The van der Waals surface area contributed by atoms with Crippen LogP contribution in [0.5, 0.6) is 0 Å². The second-order valence-electron chi connectivity index (χ2n) is 17.0. The van der Waals surface area contributed by atoms with Crippen molar-refractivity contribution in [2.24, 2.45) is 11.5 Å². The highest BCUT2D eigenvalue weighted by Crippen LogP contribution is 2.44. The Kier molecular flexibility index (Phi) is 20.0. The molecule has 2 unspecified atom stereocenters. The number of carbonyl (C=O) groups is 2. The highest BCUT2D eigenvalue weighted by atomic mass is 35.5. The molecule has 8 rings (SSSR count). The summed E-state index contributed by atoms with van der Waals surface area (Å²) in [5.74, 6) is -8.04. The molecule has 0 aliphatic rings. The van der Waals surface area contributed by atoms with Crippen molar-refractivity contribution in [1.82, 2.24) is 68.2 Å². The van der Waals surface area contributed by atoms with Crippen LogP contribution in [0.3, 0.4) is 0 Å². The lowest BCUT2D eigenvalue weighted by molar-refractivity contribution is -0.203. The average molecular weight is 1330 g/mol. The molecule has 2 atom stereocenters. The molecule has 29 nitrogen and oxygen atoms in total. The van der Waals surface area contributed by atoms with Gasteiger partial charge in [-0.25, -0.2) is 48.0 Å². The van der Waals surface area contributed by atoms with E-state index in [0.29, 0.717) is 40.0 Å². The zero-order valence-corrected chi connectivity index (χ0v) is 45.5. The predicted octanol–water partition coefficient (Wildman–Crippen LogP) is 4.27. The summed E-state index contributed by atoms with van der Waals surface area (Å²) in [7, 11) is -11.4. The van der Waals surface area contributed by atoms with Crippen LogP contribution in [0.4, 0.5) is 52.7 Å². The number of nitrogens with two attached hydrogens (primary N) is 2. The number of phosphoric ester groups is 2. The summed E-state index contributed by atoms with van der Waals surface area (Å²) in [6.45, 7) is -4.60. The number of hydrogen-bond donors (Lipinski definition) is 6. The first-order chi connectivity index (χ1) is 39.7. The molecule has 0 aliphatic carbocycles. The van der Waals surface area contributed by atoms with Crippen LogP contribution in [0.15, 0.2) is 94.8 Å². The van der Waals surface area contributed by atoms with Gasteiger partial charge in [0.15, 0.2) is 47.1 Å². The molecule has 6 heterocycles. The Morgan fingerprint density at radius 1 is 0.552 bits per heavy atom. The van der Waals surface area contributed by atoms with Gasteiger partial charge < -0.3 is 36.5 Å². The van der Waals surface area contributed by atoms with E-state index in [0.717, 1.165) is 24.5 Å². The van der Waals surface area contributed by atoms with Gasteiger partial charge >= 0.3 is 51.7 Å². The van der Waals surface area contributed by atoms with E-state index in [9.17, 15) is 81.0 Å². The Labute approximate surface area is 482 Å². The van der Waals surface area contributed by atoms with Crippen molar-refractivity contribution in [2.75, 3.05) is 0 Å². The number of carbonyl (C=O) groups excluding carboxylic acids is 2. The number of aromatic nitrogens is 14. The quantitative estimate of drug-likeness (QED) is 0.0516. The second kappa shape index (κ2) is 25.6. The van der Waals surface area contributed by atoms with Crippen LogP contribution in [0, 0.1) is 0 Å². The molecule has 8 aromatic rings. The fourth-order valence-corrected chi connectivity index (χ4v) is 8.69. The molecular formula is C42H34Cl2F12N16O13P2. The summed E-state index contributed by atoms with van der Waals surface area (Å²) in [5, 5.41) is 15.9. The second-order valence-corrected chi connectivity index (χ2v) is 20.3. The van der Waals surface area contributed by atoms with Crippen molar-refractivity contribution >= 4 is 50.7 Å². The fraction of sp³-hybridized carbons (Fsp3) is 0.238. The SMILES string of the molecule is NC(=O)c1nc(Cn2nc(-c3ccc(Cl)cc3)n(CC(OP(=O)(O)O)C(F)(F)F)c2=O)nn1-c1ncccc1C(F)(F)F.NC(=O)c1nc(Cn2nc(-c3ccc(Cl)cc3)n(CC(OP(=O)(O)O)C(F)(F)F)c2=O)nn1-c1ncccc1C(F)(F)F.O. The lowest BCUT2D eigenvalue weighted by Crippen LogP contribution is -2.38. The monoisotopic (exact) mass is 1330 g/mol. The zero-order chi connectivity index (χ0) is 63.8. The first kappa shape index (κ1) is 67.9. The summed E-state index contributed by atoms with van der Waals surface area (Å²) >= 11 is 11.7. The molecule has 0 aliphatic heterocycles. The Morgan fingerprint density at radius 2 is 0.874 bits per heavy atom. The van der Waals surface area contributed by atoms with E-state index in [1.165, 1.54) is 48.5 Å². The predicted molar refractivity (Wildman–Crippen MR) is 267 cm³/mol. The fourth-order valence-electron chi connectivity index (χ4n) is 7.40. The number of alkyl halides is 12. The lowest BCUT2D eigenvalue weighted by atomic mass is 10.2. The van der Waals surface area contributed by atoms with Crippen LogP contribution in [-0.2, 0) is 56.7 Å². The number of amides is 2. The van der Waals surface area contributed by atoms with Gasteiger partial charge in [-0.05, 0) is 72.8 Å². The number of pyridine rings is 2. The molecule has 2 aromatic carbocycles. The highest BCUT2D eigenvalue weighted by Gasteiger charge is 2.47. The third-order valence-electron chi connectivity index (χ3n) is 10.9. The van der Waals surface area contributed by atoms with E-state index in [4.69, 9.17) is 54.2 Å². The maximum absolute atomic E-state index is 13.6. The van der Waals surface area contributed by atoms with Crippen molar-refractivity contribution in [3.05, 3.63) is 151 Å². The van der Waals surface area contributed by atoms with Gasteiger partial charge in [0.25, 0.3) is 11.8 Å². The van der Waals surface area contributed by atoms with E-state index in [-0.39, 0.29) is 26.6 Å². The van der Waals surface area contributed by atoms with E-state index in [1.807, 2.05) is 0 Å². The van der Waals surface area contributed by atoms with Crippen molar-refractivity contribution in [2.45, 2.75) is 63.1 Å². The average Bonchev–Trinajstić information content (AvgIpc) is 2.29. The largest absolute Gasteiger partial charge is 0.470 e. The number of nitrogens with zero attached hydrogens (tertiary/aromatic N) is 14. The highest BCUT2D eigenvalue weighted by molar-refractivity contribution is 7.46. The van der Waals surface area contributed by atoms with E-state index in [1.54, 1.807) is 0 Å². The van der Waals surface area contributed by atoms with Gasteiger partial charge in [0.05, 0.1) is 13.1 Å². The van der Waals surface area contributed by atoms with E-state index >= 15 is 0 Å². The van der Waals surface area contributed by atoms with Crippen LogP contribution in [0.1, 0.15) is 44.0 Å². The minimum absolute atomic E-state index is 0. The molecule has 2 amide bonds. The van der Waals surface area contributed by atoms with E-state index in [2.05, 4.69) is 49.4 Å². The van der Waals surface area contributed by atoms with Crippen molar-refractivity contribution in [3.63, 3.8) is 0 Å². The molecule has 10 N–H and O–H groups in total. The molecule has 0 saturated carbocycles. The Morgan fingerprint density at radius 3 is 1.15 bits per heavy atom. The molecular weight excluding hydrogens is 1300 g/mol. The van der Waals surface area contributed by atoms with Crippen molar-refractivity contribution in [1.29, 1.82) is 0 Å². The minimum atomic E-state index is -5.70. The molecule has 0 bridgehead atoms. The van der Waals surface area contributed by atoms with Gasteiger partial charge in [0, 0.05) is 33.6 Å². The van der Waals surface area contributed by atoms with Gasteiger partial charge in [-0.1, -0.05) is 23.2 Å². The molecule has 468 valence electrons. The summed E-state index contributed by atoms with van der Waals surface area (Å²) in [5.41, 5.74) is 5.32. The maximum Gasteiger partial charge on any atom is 0.470 e. The molecule has 0 radical (unpaired) electrons. The van der Waals surface area contributed by atoms with Crippen molar-refractivity contribution < 1.29 is 106 Å². The molecule has 0 spiro atoms. The number of phosphoric acid groups is 2. The first-order valence-corrected chi connectivity index (χ1v) is 26.6. The van der Waals surface area contributed by atoms with E-state index < -0.39 is 160 Å². The smallest absolute Gasteiger partial charge is 0.412 e. The van der Waals surface area contributed by atoms with Crippen molar-refractivity contribution in [3.8, 4) is 34.4 Å². The van der Waals surface area contributed by atoms with Crippen LogP contribution in [-0.4, -0.2) is 130 Å². The number of primary amides is 2. The third kappa shape index (κ3) is 16.6. The van der Waals surface area contributed by atoms with Gasteiger partial charge in [-0.3, -0.25) is 27.8 Å². The Balaban J connectivity index is 0.000000275. The topological polar surface area (TPSA) is 418 Å². The van der Waals surface area contributed by atoms with Gasteiger partial charge in [-0.2, -0.15) is 62.0 Å². The van der Waals surface area contributed by atoms with Gasteiger partial charge in [-0.15, -0.1) is 20.4 Å². The lowest BCUT2D eigenvalue weighted by Gasteiger charge is -2.21. The normalized spacial score (nSPS) is 13.2. The van der Waals surface area contributed by atoms with Crippen LogP contribution >= 0.6 is 38.8 Å². The zero-order valence-electron chi connectivity index (χ0n) is 42.2. The summed E-state index contributed by atoms with van der Waals surface area (Å²) in [6, 6.07) is 13.6. The van der Waals surface area contributed by atoms with Gasteiger partial charge in [0.1, 0.15) is 24.2 Å². The Hall–Kier alpha value is -8.24. The maximum atomic E-state index is 13.6. The summed E-state index contributed by atoms with van der Waals surface area (Å²) in [4.78, 5) is 101. The third-order valence-corrected chi connectivity index (χ3v) is 12.5. The van der Waals surface area contributed by atoms with Crippen LogP contribution in [0.2, 0.25) is 10.0 Å². The van der Waals surface area contributed by atoms with Gasteiger partial charge in [0.2, 0.25) is 11.6 Å². The number of benzene rings is 2. The molecule has 0 fully saturated rings.